The molecule has 0 fully saturated rings. The standard InChI is InChI=1S/C11H14N4O3S/c1-15(7-10-4-2-3-5-12-10)19(17,18)11-9(8-16)6-13-14-11/h2-6,16H,7-8H2,1H3,(H,13,14). The first-order valence-electron chi connectivity index (χ1n) is 5.55. The Kier molecular flexibility index (Phi) is 3.93. The Morgan fingerprint density at radius 3 is 2.84 bits per heavy atom. The van der Waals surface area contributed by atoms with E-state index in [1.54, 1.807) is 24.4 Å². The summed E-state index contributed by atoms with van der Waals surface area (Å²) in [6.45, 7) is -0.241. The average molecular weight is 282 g/mol. The van der Waals surface area contributed by atoms with Crippen molar-refractivity contribution in [2.75, 3.05) is 7.05 Å². The van der Waals surface area contributed by atoms with E-state index in [0.717, 1.165) is 4.31 Å². The van der Waals surface area contributed by atoms with E-state index in [2.05, 4.69) is 15.2 Å². The van der Waals surface area contributed by atoms with Gasteiger partial charge in [0.1, 0.15) is 0 Å². The summed E-state index contributed by atoms with van der Waals surface area (Å²) in [4.78, 5) is 4.07. The minimum atomic E-state index is -3.72. The first-order valence-corrected chi connectivity index (χ1v) is 6.99. The summed E-state index contributed by atoms with van der Waals surface area (Å²) in [5.74, 6) is 0. The van der Waals surface area contributed by atoms with Crippen LogP contribution in [0.2, 0.25) is 0 Å². The number of aromatic nitrogens is 3. The molecule has 0 aromatic carbocycles. The molecule has 0 aliphatic rings. The van der Waals surface area contributed by atoms with Crippen LogP contribution >= 0.6 is 0 Å². The van der Waals surface area contributed by atoms with E-state index in [-0.39, 0.29) is 23.7 Å². The number of aliphatic hydroxyl groups excluding tert-OH is 1. The molecule has 0 saturated carbocycles. The highest BCUT2D eigenvalue weighted by Crippen LogP contribution is 2.17. The van der Waals surface area contributed by atoms with Crippen molar-refractivity contribution in [3.63, 3.8) is 0 Å². The topological polar surface area (TPSA) is 99.2 Å². The smallest absolute Gasteiger partial charge is 0.260 e. The lowest BCUT2D eigenvalue weighted by atomic mass is 10.3. The van der Waals surface area contributed by atoms with E-state index in [9.17, 15) is 8.42 Å². The number of nitrogens with one attached hydrogen (secondary N) is 1. The highest BCUT2D eigenvalue weighted by molar-refractivity contribution is 7.89. The van der Waals surface area contributed by atoms with E-state index in [4.69, 9.17) is 5.11 Å². The number of nitrogens with zero attached hydrogens (tertiary/aromatic N) is 3. The largest absolute Gasteiger partial charge is 0.392 e. The van der Waals surface area contributed by atoms with E-state index < -0.39 is 10.0 Å². The van der Waals surface area contributed by atoms with E-state index >= 15 is 0 Å². The third-order valence-electron chi connectivity index (χ3n) is 2.63. The number of rotatable bonds is 5. The van der Waals surface area contributed by atoms with Gasteiger partial charge >= 0.3 is 0 Å². The van der Waals surface area contributed by atoms with Gasteiger partial charge in [-0.15, -0.1) is 0 Å². The molecule has 2 N–H and O–H groups in total. The maximum absolute atomic E-state index is 12.3. The van der Waals surface area contributed by atoms with Crippen LogP contribution in [0.3, 0.4) is 0 Å². The molecule has 0 amide bonds. The third-order valence-corrected chi connectivity index (χ3v) is 4.45. The molecule has 0 bridgehead atoms. The molecule has 2 rings (SSSR count). The summed E-state index contributed by atoms with van der Waals surface area (Å²) in [5, 5.41) is 15.0. The van der Waals surface area contributed by atoms with Crippen LogP contribution in [-0.2, 0) is 23.2 Å². The zero-order valence-electron chi connectivity index (χ0n) is 10.3. The molecule has 0 spiro atoms. The average Bonchev–Trinajstić information content (AvgIpc) is 2.88. The molecule has 2 heterocycles. The molecule has 19 heavy (non-hydrogen) atoms. The first-order chi connectivity index (χ1) is 9.05. The lowest BCUT2D eigenvalue weighted by molar-refractivity contribution is 0.278. The van der Waals surface area contributed by atoms with Gasteiger partial charge in [-0.05, 0) is 12.1 Å². The number of aromatic amines is 1. The number of hydrogen-bond donors (Lipinski definition) is 2. The third kappa shape index (κ3) is 2.80. The van der Waals surface area contributed by atoms with Crippen molar-refractivity contribution in [3.05, 3.63) is 41.9 Å². The molecule has 102 valence electrons. The lowest BCUT2D eigenvalue weighted by Gasteiger charge is -2.16. The predicted molar refractivity (Wildman–Crippen MR) is 67.4 cm³/mol. The van der Waals surface area contributed by atoms with Crippen molar-refractivity contribution in [1.82, 2.24) is 19.5 Å². The number of sulfonamides is 1. The summed E-state index contributed by atoms with van der Waals surface area (Å²) >= 11 is 0. The lowest BCUT2D eigenvalue weighted by Crippen LogP contribution is -2.28. The van der Waals surface area contributed by atoms with Crippen molar-refractivity contribution < 1.29 is 13.5 Å². The second kappa shape index (κ2) is 5.47. The van der Waals surface area contributed by atoms with Gasteiger partial charge in [0.05, 0.1) is 25.0 Å². The molecule has 0 radical (unpaired) electrons. The first kappa shape index (κ1) is 13.7. The number of pyridine rings is 1. The van der Waals surface area contributed by atoms with Crippen molar-refractivity contribution in [2.45, 2.75) is 18.2 Å². The van der Waals surface area contributed by atoms with E-state index in [1.807, 2.05) is 0 Å². The molecule has 0 atom stereocenters. The minimum Gasteiger partial charge on any atom is -0.392 e. The second-order valence-corrected chi connectivity index (χ2v) is 5.95. The highest BCUT2D eigenvalue weighted by Gasteiger charge is 2.25. The van der Waals surface area contributed by atoms with Gasteiger partial charge in [-0.2, -0.15) is 9.40 Å². The highest BCUT2D eigenvalue weighted by atomic mass is 32.2. The Hall–Kier alpha value is -1.77. The van der Waals surface area contributed by atoms with Gasteiger partial charge in [0.15, 0.2) is 5.03 Å². The van der Waals surface area contributed by atoms with Crippen LogP contribution in [0.4, 0.5) is 0 Å². The second-order valence-electron chi connectivity index (χ2n) is 3.96. The van der Waals surface area contributed by atoms with Gasteiger partial charge in [-0.1, -0.05) is 6.07 Å². The molecular formula is C11H14N4O3S. The molecule has 0 aliphatic heterocycles. The van der Waals surface area contributed by atoms with Crippen LogP contribution in [0.15, 0.2) is 35.6 Å². The molecule has 0 aliphatic carbocycles. The molecule has 8 heteroatoms. The van der Waals surface area contributed by atoms with Crippen LogP contribution in [-0.4, -0.2) is 40.1 Å². The minimum absolute atomic E-state index is 0.0894. The van der Waals surface area contributed by atoms with Crippen molar-refractivity contribution >= 4 is 10.0 Å². The Morgan fingerprint density at radius 2 is 2.21 bits per heavy atom. The van der Waals surface area contributed by atoms with Gasteiger partial charge in [0, 0.05) is 18.8 Å². The summed E-state index contributed by atoms with van der Waals surface area (Å²) < 4.78 is 25.7. The SMILES string of the molecule is CN(Cc1ccccn1)S(=O)(=O)c1[nH]ncc1CO. The summed E-state index contributed by atoms with van der Waals surface area (Å²) in [7, 11) is -2.27. The summed E-state index contributed by atoms with van der Waals surface area (Å²) in [6.07, 6.45) is 2.90. The van der Waals surface area contributed by atoms with Crippen molar-refractivity contribution in [2.24, 2.45) is 0 Å². The summed E-state index contributed by atoms with van der Waals surface area (Å²) in [6, 6.07) is 5.29. The zero-order valence-corrected chi connectivity index (χ0v) is 11.1. The Labute approximate surface area is 111 Å². The van der Waals surface area contributed by atoms with Crippen LogP contribution < -0.4 is 0 Å². The fourth-order valence-corrected chi connectivity index (χ4v) is 2.83. The van der Waals surface area contributed by atoms with Crippen LogP contribution in [0.25, 0.3) is 0 Å². The fraction of sp³-hybridized carbons (Fsp3) is 0.273. The fourth-order valence-electron chi connectivity index (χ4n) is 1.60. The predicted octanol–water partition coefficient (Wildman–Crippen LogP) is 0.118. The number of hydrogen-bond acceptors (Lipinski definition) is 5. The monoisotopic (exact) mass is 282 g/mol. The van der Waals surface area contributed by atoms with Crippen LogP contribution in [0, 0.1) is 0 Å². The Morgan fingerprint density at radius 1 is 1.42 bits per heavy atom. The van der Waals surface area contributed by atoms with Crippen molar-refractivity contribution in [1.29, 1.82) is 0 Å². The quantitative estimate of drug-likeness (QED) is 0.811. The number of H-pyrrole nitrogens is 1. The van der Waals surface area contributed by atoms with Gasteiger partial charge in [0.2, 0.25) is 0 Å². The molecule has 7 nitrogen and oxygen atoms in total. The zero-order chi connectivity index (χ0) is 13.9. The molecule has 0 unspecified atom stereocenters. The van der Waals surface area contributed by atoms with E-state index in [1.165, 1.54) is 13.2 Å². The van der Waals surface area contributed by atoms with E-state index in [0.29, 0.717) is 5.69 Å². The molecule has 0 saturated heterocycles. The van der Waals surface area contributed by atoms with Gasteiger partial charge in [0.25, 0.3) is 10.0 Å². The maximum Gasteiger partial charge on any atom is 0.260 e. The van der Waals surface area contributed by atoms with Gasteiger partial charge in [-0.3, -0.25) is 10.1 Å². The van der Waals surface area contributed by atoms with Gasteiger partial charge in [-0.25, -0.2) is 8.42 Å². The maximum atomic E-state index is 12.3. The van der Waals surface area contributed by atoms with Crippen LogP contribution in [0.5, 0.6) is 0 Å². The molecule has 2 aromatic rings. The Bertz CT molecular complexity index is 639. The molecular weight excluding hydrogens is 268 g/mol. The van der Waals surface area contributed by atoms with Crippen molar-refractivity contribution in [3.8, 4) is 0 Å². The Balaban J connectivity index is 2.25. The van der Waals surface area contributed by atoms with Gasteiger partial charge < -0.3 is 5.11 Å². The number of aliphatic hydroxyl groups is 1. The van der Waals surface area contributed by atoms with Crippen LogP contribution in [0.1, 0.15) is 11.3 Å². The summed E-state index contributed by atoms with van der Waals surface area (Å²) in [5.41, 5.74) is 0.881. The molecule has 2 aromatic heterocycles. The normalized spacial score (nSPS) is 11.9.